The summed E-state index contributed by atoms with van der Waals surface area (Å²) in [5.41, 5.74) is 7.63. The lowest BCUT2D eigenvalue weighted by molar-refractivity contribution is 0.340. The van der Waals surface area contributed by atoms with Gasteiger partial charge in [0.15, 0.2) is 5.58 Å². The van der Waals surface area contributed by atoms with Crippen molar-refractivity contribution in [2.75, 3.05) is 31.1 Å². The van der Waals surface area contributed by atoms with Gasteiger partial charge in [-0.2, -0.15) is 0 Å². The van der Waals surface area contributed by atoms with Crippen LogP contribution < -0.4 is 5.73 Å². The fraction of sp³-hybridized carbons (Fsp3) is 0.500. The second kappa shape index (κ2) is 5.93. The molecule has 2 heterocycles. The Labute approximate surface area is 120 Å². The first kappa shape index (κ1) is 13.6. The van der Waals surface area contributed by atoms with Gasteiger partial charge in [-0.05, 0) is 51.0 Å². The van der Waals surface area contributed by atoms with Crippen LogP contribution in [0.1, 0.15) is 19.3 Å². The Morgan fingerprint density at radius 1 is 1.35 bits per heavy atom. The van der Waals surface area contributed by atoms with E-state index in [1.165, 1.54) is 25.9 Å². The fourth-order valence-corrected chi connectivity index (χ4v) is 3.48. The SMILES string of the molecule is Nc1ccc2nc(S(=O)CCCN3CCCC3)oc2c1. The number of nitrogens with two attached hydrogens (primary N) is 1. The molecule has 1 fully saturated rings. The Hall–Kier alpha value is -1.40. The van der Waals surface area contributed by atoms with Gasteiger partial charge >= 0.3 is 0 Å². The topological polar surface area (TPSA) is 72.4 Å². The van der Waals surface area contributed by atoms with Crippen LogP contribution in [0.25, 0.3) is 11.1 Å². The maximum Gasteiger partial charge on any atom is 0.287 e. The van der Waals surface area contributed by atoms with Crippen molar-refractivity contribution in [3.05, 3.63) is 18.2 Å². The molecular formula is C14H19N3O2S. The molecule has 1 atom stereocenters. The van der Waals surface area contributed by atoms with Crippen molar-refractivity contribution in [2.45, 2.75) is 24.5 Å². The van der Waals surface area contributed by atoms with Crippen molar-refractivity contribution in [1.82, 2.24) is 9.88 Å². The minimum absolute atomic E-state index is 0.312. The summed E-state index contributed by atoms with van der Waals surface area (Å²) in [6.45, 7) is 3.36. The van der Waals surface area contributed by atoms with Crippen LogP contribution >= 0.6 is 0 Å². The van der Waals surface area contributed by atoms with E-state index in [1.807, 2.05) is 0 Å². The summed E-state index contributed by atoms with van der Waals surface area (Å²) in [6.07, 6.45) is 3.48. The van der Waals surface area contributed by atoms with E-state index in [0.29, 0.717) is 27.8 Å². The van der Waals surface area contributed by atoms with Crippen molar-refractivity contribution < 1.29 is 8.63 Å². The molecule has 0 spiro atoms. The summed E-state index contributed by atoms with van der Waals surface area (Å²) < 4.78 is 17.7. The van der Waals surface area contributed by atoms with E-state index in [-0.39, 0.29) is 0 Å². The third-order valence-electron chi connectivity index (χ3n) is 3.59. The summed E-state index contributed by atoms with van der Waals surface area (Å²) >= 11 is 0. The van der Waals surface area contributed by atoms with Gasteiger partial charge in [-0.15, -0.1) is 0 Å². The number of nitrogen functional groups attached to an aromatic ring is 1. The molecule has 6 heteroatoms. The van der Waals surface area contributed by atoms with Crippen LogP contribution in [0, 0.1) is 0 Å². The van der Waals surface area contributed by atoms with Gasteiger partial charge in [0.2, 0.25) is 0 Å². The van der Waals surface area contributed by atoms with Crippen LogP contribution in [0.3, 0.4) is 0 Å². The summed E-state index contributed by atoms with van der Waals surface area (Å²) in [5, 5.41) is 0.312. The number of aromatic nitrogens is 1. The third-order valence-corrected chi connectivity index (χ3v) is 4.81. The highest BCUT2D eigenvalue weighted by molar-refractivity contribution is 7.84. The highest BCUT2D eigenvalue weighted by atomic mass is 32.2. The molecule has 2 aromatic rings. The first-order valence-corrected chi connectivity index (χ1v) is 8.31. The normalized spacial score (nSPS) is 17.8. The number of anilines is 1. The average Bonchev–Trinajstić information content (AvgIpc) is 3.06. The number of fused-ring (bicyclic) bond motifs is 1. The maximum atomic E-state index is 12.2. The molecule has 0 saturated carbocycles. The standard InChI is InChI=1S/C14H19N3O2S/c15-11-4-5-12-13(10-11)19-14(16-12)20(18)9-3-8-17-6-1-2-7-17/h4-5,10H,1-3,6-9,15H2. The van der Waals surface area contributed by atoms with Crippen molar-refractivity contribution in [3.63, 3.8) is 0 Å². The zero-order chi connectivity index (χ0) is 13.9. The minimum Gasteiger partial charge on any atom is -0.430 e. The summed E-state index contributed by atoms with van der Waals surface area (Å²) in [4.78, 5) is 6.69. The minimum atomic E-state index is -1.17. The lowest BCUT2D eigenvalue weighted by Gasteiger charge is -2.13. The summed E-state index contributed by atoms with van der Waals surface area (Å²) in [5.74, 6) is 0.596. The zero-order valence-electron chi connectivity index (χ0n) is 11.4. The Morgan fingerprint density at radius 2 is 2.15 bits per heavy atom. The quantitative estimate of drug-likeness (QED) is 0.854. The van der Waals surface area contributed by atoms with Crippen LogP contribution in [0.4, 0.5) is 5.69 Å². The Balaban J connectivity index is 1.60. The Kier molecular flexibility index (Phi) is 4.03. The molecule has 0 radical (unpaired) electrons. The second-order valence-electron chi connectivity index (χ2n) is 5.16. The zero-order valence-corrected chi connectivity index (χ0v) is 12.2. The van der Waals surface area contributed by atoms with E-state index in [0.717, 1.165) is 13.0 Å². The van der Waals surface area contributed by atoms with Crippen LogP contribution in [0.2, 0.25) is 0 Å². The summed E-state index contributed by atoms with van der Waals surface area (Å²) in [6, 6.07) is 5.28. The van der Waals surface area contributed by atoms with Gasteiger partial charge in [0, 0.05) is 17.5 Å². The molecule has 1 aliphatic rings. The Bertz CT molecular complexity index is 620. The smallest absolute Gasteiger partial charge is 0.287 e. The number of hydrogen-bond acceptors (Lipinski definition) is 5. The van der Waals surface area contributed by atoms with E-state index < -0.39 is 10.8 Å². The molecule has 1 aromatic heterocycles. The molecule has 2 N–H and O–H groups in total. The first-order valence-electron chi connectivity index (χ1n) is 6.99. The fourth-order valence-electron chi connectivity index (χ4n) is 2.53. The highest BCUT2D eigenvalue weighted by Gasteiger charge is 2.15. The predicted molar refractivity (Wildman–Crippen MR) is 80.0 cm³/mol. The largest absolute Gasteiger partial charge is 0.430 e. The van der Waals surface area contributed by atoms with Gasteiger partial charge in [0.05, 0.1) is 0 Å². The van der Waals surface area contributed by atoms with Gasteiger partial charge in [-0.25, -0.2) is 9.19 Å². The molecule has 0 bridgehead atoms. The molecule has 1 aliphatic heterocycles. The molecule has 108 valence electrons. The van der Waals surface area contributed by atoms with Gasteiger partial charge in [0.25, 0.3) is 5.22 Å². The number of benzene rings is 1. The predicted octanol–water partition coefficient (Wildman–Crippen LogP) is 2.00. The number of likely N-dealkylation sites (tertiary alicyclic amines) is 1. The van der Waals surface area contributed by atoms with Crippen LogP contribution in [0.15, 0.2) is 27.8 Å². The van der Waals surface area contributed by atoms with E-state index in [2.05, 4.69) is 9.88 Å². The molecule has 20 heavy (non-hydrogen) atoms. The van der Waals surface area contributed by atoms with Crippen molar-refractivity contribution >= 4 is 27.6 Å². The molecular weight excluding hydrogens is 274 g/mol. The van der Waals surface area contributed by atoms with Gasteiger partial charge in [0.1, 0.15) is 16.3 Å². The molecule has 1 unspecified atom stereocenters. The van der Waals surface area contributed by atoms with Crippen molar-refractivity contribution in [2.24, 2.45) is 0 Å². The summed E-state index contributed by atoms with van der Waals surface area (Å²) in [7, 11) is -1.17. The molecule has 0 aliphatic carbocycles. The maximum absolute atomic E-state index is 12.2. The number of oxazole rings is 1. The molecule has 1 aromatic carbocycles. The third kappa shape index (κ3) is 3.02. The second-order valence-corrected chi connectivity index (χ2v) is 6.61. The van der Waals surface area contributed by atoms with Crippen LogP contribution in [0.5, 0.6) is 0 Å². The number of hydrogen-bond donors (Lipinski definition) is 1. The average molecular weight is 293 g/mol. The van der Waals surface area contributed by atoms with Gasteiger partial charge < -0.3 is 15.1 Å². The van der Waals surface area contributed by atoms with Gasteiger partial charge in [-0.3, -0.25) is 0 Å². The van der Waals surface area contributed by atoms with E-state index in [9.17, 15) is 4.21 Å². The van der Waals surface area contributed by atoms with Crippen molar-refractivity contribution in [1.29, 1.82) is 0 Å². The number of rotatable bonds is 5. The highest BCUT2D eigenvalue weighted by Crippen LogP contribution is 2.20. The monoisotopic (exact) mass is 293 g/mol. The van der Waals surface area contributed by atoms with E-state index in [4.69, 9.17) is 10.2 Å². The molecule has 0 amide bonds. The lowest BCUT2D eigenvalue weighted by atomic mass is 10.3. The van der Waals surface area contributed by atoms with Gasteiger partial charge in [-0.1, -0.05) is 0 Å². The molecule has 5 nitrogen and oxygen atoms in total. The van der Waals surface area contributed by atoms with E-state index >= 15 is 0 Å². The van der Waals surface area contributed by atoms with Crippen molar-refractivity contribution in [3.8, 4) is 0 Å². The van der Waals surface area contributed by atoms with E-state index in [1.54, 1.807) is 18.2 Å². The first-order chi connectivity index (χ1) is 9.72. The number of nitrogens with zero attached hydrogens (tertiary/aromatic N) is 2. The Morgan fingerprint density at radius 3 is 2.95 bits per heavy atom. The molecule has 1 saturated heterocycles. The van der Waals surface area contributed by atoms with Crippen LogP contribution in [-0.2, 0) is 10.8 Å². The molecule has 3 rings (SSSR count). The lowest BCUT2D eigenvalue weighted by Crippen LogP contribution is -2.21. The van der Waals surface area contributed by atoms with Crippen LogP contribution in [-0.4, -0.2) is 39.5 Å².